The summed E-state index contributed by atoms with van der Waals surface area (Å²) >= 11 is 0. The van der Waals surface area contributed by atoms with Crippen LogP contribution in [-0.4, -0.2) is 7.11 Å². The summed E-state index contributed by atoms with van der Waals surface area (Å²) in [4.78, 5) is 0. The molecule has 0 aliphatic carbocycles. The molecule has 1 heteroatoms. The summed E-state index contributed by atoms with van der Waals surface area (Å²) in [6.45, 7) is 2.28. The first-order valence-corrected chi connectivity index (χ1v) is 7.99. The largest absolute Gasteiger partial charge is 0.497 e. The molecule has 1 rings (SSSR count). The molecule has 0 aromatic heterocycles. The van der Waals surface area contributed by atoms with E-state index in [0.717, 1.165) is 5.75 Å². The SMILES string of the molecule is CCCCCCCCCCCc1ccc(OC)cc1. The van der Waals surface area contributed by atoms with E-state index in [9.17, 15) is 0 Å². The molecule has 1 aromatic carbocycles. The van der Waals surface area contributed by atoms with Crippen molar-refractivity contribution in [2.75, 3.05) is 7.11 Å². The summed E-state index contributed by atoms with van der Waals surface area (Å²) < 4.78 is 5.17. The third-order valence-electron chi connectivity index (χ3n) is 3.73. The number of hydrogen-bond acceptors (Lipinski definition) is 1. The molecule has 0 fully saturated rings. The van der Waals surface area contributed by atoms with Crippen molar-refractivity contribution in [2.24, 2.45) is 0 Å². The average molecular weight is 262 g/mol. The lowest BCUT2D eigenvalue weighted by atomic mass is 10.0. The van der Waals surface area contributed by atoms with E-state index in [1.54, 1.807) is 7.11 Å². The van der Waals surface area contributed by atoms with E-state index in [0.29, 0.717) is 0 Å². The minimum absolute atomic E-state index is 0.954. The minimum atomic E-state index is 0.954. The van der Waals surface area contributed by atoms with Crippen molar-refractivity contribution in [1.82, 2.24) is 0 Å². The first-order valence-electron chi connectivity index (χ1n) is 7.99. The number of unbranched alkanes of at least 4 members (excludes halogenated alkanes) is 8. The molecule has 0 atom stereocenters. The average Bonchev–Trinajstić information content (AvgIpc) is 2.46. The van der Waals surface area contributed by atoms with Gasteiger partial charge in [0.15, 0.2) is 0 Å². The van der Waals surface area contributed by atoms with Crippen LogP contribution in [0.1, 0.15) is 70.3 Å². The molecule has 0 aliphatic rings. The first kappa shape index (κ1) is 16.1. The number of hydrogen-bond donors (Lipinski definition) is 0. The topological polar surface area (TPSA) is 9.23 Å². The van der Waals surface area contributed by atoms with Gasteiger partial charge in [0.2, 0.25) is 0 Å². The molecule has 0 unspecified atom stereocenters. The van der Waals surface area contributed by atoms with Crippen LogP contribution < -0.4 is 4.74 Å². The minimum Gasteiger partial charge on any atom is -0.497 e. The first-order chi connectivity index (χ1) is 9.36. The molecule has 0 radical (unpaired) electrons. The van der Waals surface area contributed by atoms with Gasteiger partial charge in [-0.1, -0.05) is 70.4 Å². The van der Waals surface area contributed by atoms with Crippen LogP contribution in [0.15, 0.2) is 24.3 Å². The normalized spacial score (nSPS) is 10.6. The van der Waals surface area contributed by atoms with Gasteiger partial charge in [-0.25, -0.2) is 0 Å². The van der Waals surface area contributed by atoms with Gasteiger partial charge in [-0.2, -0.15) is 0 Å². The molecule has 1 aromatic rings. The maximum absolute atomic E-state index is 5.17. The van der Waals surface area contributed by atoms with Crippen LogP contribution in [0.2, 0.25) is 0 Å². The number of rotatable bonds is 11. The van der Waals surface area contributed by atoms with Crippen molar-refractivity contribution in [1.29, 1.82) is 0 Å². The Hall–Kier alpha value is -0.980. The van der Waals surface area contributed by atoms with Gasteiger partial charge in [0.1, 0.15) is 5.75 Å². The van der Waals surface area contributed by atoms with Crippen LogP contribution >= 0.6 is 0 Å². The van der Waals surface area contributed by atoms with E-state index in [1.807, 2.05) is 0 Å². The molecule has 0 heterocycles. The van der Waals surface area contributed by atoms with Crippen molar-refractivity contribution in [2.45, 2.75) is 71.1 Å². The zero-order valence-electron chi connectivity index (χ0n) is 12.8. The molecule has 108 valence electrons. The Morgan fingerprint density at radius 1 is 0.737 bits per heavy atom. The highest BCUT2D eigenvalue weighted by atomic mass is 16.5. The summed E-state index contributed by atoms with van der Waals surface area (Å²) in [6, 6.07) is 8.49. The maximum atomic E-state index is 5.17. The lowest BCUT2D eigenvalue weighted by molar-refractivity contribution is 0.414. The molecule has 0 bridgehead atoms. The van der Waals surface area contributed by atoms with Crippen molar-refractivity contribution >= 4 is 0 Å². The van der Waals surface area contributed by atoms with Gasteiger partial charge in [-0.05, 0) is 30.5 Å². The summed E-state index contributed by atoms with van der Waals surface area (Å²) in [7, 11) is 1.72. The molecule has 0 amide bonds. The van der Waals surface area contributed by atoms with E-state index in [1.165, 1.54) is 69.8 Å². The van der Waals surface area contributed by atoms with Crippen molar-refractivity contribution in [3.8, 4) is 5.75 Å². The molecule has 0 saturated carbocycles. The molecule has 19 heavy (non-hydrogen) atoms. The van der Waals surface area contributed by atoms with Gasteiger partial charge in [-0.3, -0.25) is 0 Å². The fourth-order valence-corrected chi connectivity index (χ4v) is 2.43. The maximum Gasteiger partial charge on any atom is 0.118 e. The lowest BCUT2D eigenvalue weighted by Gasteiger charge is -2.04. The second-order valence-electron chi connectivity index (χ2n) is 5.43. The third kappa shape index (κ3) is 7.92. The van der Waals surface area contributed by atoms with Gasteiger partial charge in [0.05, 0.1) is 7.11 Å². The van der Waals surface area contributed by atoms with Gasteiger partial charge < -0.3 is 4.74 Å². The molecule has 0 N–H and O–H groups in total. The smallest absolute Gasteiger partial charge is 0.118 e. The van der Waals surface area contributed by atoms with Crippen LogP contribution in [0.5, 0.6) is 5.75 Å². The quantitative estimate of drug-likeness (QED) is 0.460. The van der Waals surface area contributed by atoms with Crippen LogP contribution in [0.3, 0.4) is 0 Å². The Kier molecular flexibility index (Phi) is 9.22. The molecule has 0 spiro atoms. The molecule has 0 aliphatic heterocycles. The summed E-state index contributed by atoms with van der Waals surface area (Å²) in [5, 5.41) is 0. The number of aryl methyl sites for hydroxylation is 1. The Labute approximate surface area is 119 Å². The fourth-order valence-electron chi connectivity index (χ4n) is 2.43. The summed E-state index contributed by atoms with van der Waals surface area (Å²) in [5.74, 6) is 0.954. The van der Waals surface area contributed by atoms with Crippen LogP contribution in [0, 0.1) is 0 Å². The number of methoxy groups -OCH3 is 1. The van der Waals surface area contributed by atoms with E-state index in [-0.39, 0.29) is 0 Å². The predicted octanol–water partition coefficient (Wildman–Crippen LogP) is 5.77. The second kappa shape index (κ2) is 10.9. The highest BCUT2D eigenvalue weighted by Crippen LogP contribution is 2.15. The van der Waals surface area contributed by atoms with Gasteiger partial charge in [-0.15, -0.1) is 0 Å². The molecule has 0 saturated heterocycles. The van der Waals surface area contributed by atoms with Gasteiger partial charge >= 0.3 is 0 Å². The lowest BCUT2D eigenvalue weighted by Crippen LogP contribution is -1.88. The monoisotopic (exact) mass is 262 g/mol. The standard InChI is InChI=1S/C18H30O/c1-3-4-5-6-7-8-9-10-11-12-17-13-15-18(19-2)16-14-17/h13-16H,3-12H2,1-2H3. The zero-order chi connectivity index (χ0) is 13.8. The Balaban J connectivity index is 1.95. The fraction of sp³-hybridized carbons (Fsp3) is 0.667. The Morgan fingerprint density at radius 3 is 1.79 bits per heavy atom. The van der Waals surface area contributed by atoms with Crippen molar-refractivity contribution in [3.05, 3.63) is 29.8 Å². The second-order valence-corrected chi connectivity index (χ2v) is 5.43. The van der Waals surface area contributed by atoms with Crippen molar-refractivity contribution in [3.63, 3.8) is 0 Å². The Bertz CT molecular complexity index is 302. The van der Waals surface area contributed by atoms with Crippen molar-refractivity contribution < 1.29 is 4.74 Å². The number of benzene rings is 1. The molecular formula is C18H30O. The highest BCUT2D eigenvalue weighted by Gasteiger charge is 1.96. The van der Waals surface area contributed by atoms with E-state index in [4.69, 9.17) is 4.74 Å². The van der Waals surface area contributed by atoms with E-state index in [2.05, 4.69) is 31.2 Å². The molecular weight excluding hydrogens is 232 g/mol. The summed E-state index contributed by atoms with van der Waals surface area (Å²) in [6.07, 6.45) is 13.8. The summed E-state index contributed by atoms with van der Waals surface area (Å²) in [5.41, 5.74) is 1.43. The molecule has 1 nitrogen and oxygen atoms in total. The van der Waals surface area contributed by atoms with Gasteiger partial charge in [0, 0.05) is 0 Å². The third-order valence-corrected chi connectivity index (χ3v) is 3.73. The van der Waals surface area contributed by atoms with Crippen LogP contribution in [0.4, 0.5) is 0 Å². The van der Waals surface area contributed by atoms with E-state index >= 15 is 0 Å². The predicted molar refractivity (Wildman–Crippen MR) is 83.9 cm³/mol. The Morgan fingerprint density at radius 2 is 1.26 bits per heavy atom. The van der Waals surface area contributed by atoms with Gasteiger partial charge in [0.25, 0.3) is 0 Å². The van der Waals surface area contributed by atoms with Crippen LogP contribution in [0.25, 0.3) is 0 Å². The van der Waals surface area contributed by atoms with E-state index < -0.39 is 0 Å². The number of ether oxygens (including phenoxy) is 1. The zero-order valence-corrected chi connectivity index (χ0v) is 12.8. The highest BCUT2D eigenvalue weighted by molar-refractivity contribution is 5.27. The van der Waals surface area contributed by atoms with Crippen LogP contribution in [-0.2, 0) is 6.42 Å².